The maximum absolute atomic E-state index is 12.0. The van der Waals surface area contributed by atoms with Crippen molar-refractivity contribution in [2.45, 2.75) is 37.7 Å². The molecule has 2 heterocycles. The molecule has 2 N–H and O–H groups in total. The molecule has 1 saturated heterocycles. The number of benzene rings is 2. The molecular formula is C26H32NO3+. The van der Waals surface area contributed by atoms with Gasteiger partial charge in [-0.2, -0.15) is 0 Å². The van der Waals surface area contributed by atoms with Crippen molar-refractivity contribution < 1.29 is 19.2 Å². The van der Waals surface area contributed by atoms with E-state index in [0.29, 0.717) is 5.76 Å². The highest BCUT2D eigenvalue weighted by Gasteiger charge is 2.42. The third kappa shape index (κ3) is 4.30. The van der Waals surface area contributed by atoms with Crippen molar-refractivity contribution in [3.05, 3.63) is 89.9 Å². The van der Waals surface area contributed by atoms with Gasteiger partial charge < -0.3 is 19.2 Å². The number of hydrogen-bond donors (Lipinski definition) is 2. The summed E-state index contributed by atoms with van der Waals surface area (Å²) in [7, 11) is 0. The Labute approximate surface area is 179 Å². The molecule has 1 aromatic heterocycles. The standard InChI is InChI=1S/C26H31NO3/c1-2-24(21-9-4-3-5-10-21)26(28,25-11-8-19-30-25)22-12-14-23(15-13-22)29-20-18-27-16-6-7-17-27/h3-5,8-15,19,24,28H,2,6-7,16-18,20H2,1H3/p+1/t24-,26-/m1/s1. The molecule has 4 nitrogen and oxygen atoms in total. The molecule has 0 unspecified atom stereocenters. The molecule has 0 radical (unpaired) electrons. The van der Waals surface area contributed by atoms with E-state index in [2.05, 4.69) is 19.1 Å². The number of furan rings is 1. The predicted molar refractivity (Wildman–Crippen MR) is 118 cm³/mol. The molecule has 4 heteroatoms. The number of hydrogen-bond acceptors (Lipinski definition) is 3. The Morgan fingerprint density at radius 1 is 1.00 bits per heavy atom. The molecule has 0 spiro atoms. The van der Waals surface area contributed by atoms with Crippen LogP contribution in [0, 0.1) is 0 Å². The summed E-state index contributed by atoms with van der Waals surface area (Å²) in [6.45, 7) is 6.39. The zero-order valence-electron chi connectivity index (χ0n) is 17.7. The lowest BCUT2D eigenvalue weighted by molar-refractivity contribution is -0.887. The van der Waals surface area contributed by atoms with Gasteiger partial charge in [0.05, 0.1) is 19.4 Å². The Hall–Kier alpha value is -2.56. The van der Waals surface area contributed by atoms with Gasteiger partial charge in [0.25, 0.3) is 0 Å². The van der Waals surface area contributed by atoms with E-state index < -0.39 is 5.60 Å². The summed E-state index contributed by atoms with van der Waals surface area (Å²) in [5.41, 5.74) is 0.649. The lowest BCUT2D eigenvalue weighted by Gasteiger charge is -2.35. The van der Waals surface area contributed by atoms with E-state index in [1.165, 1.54) is 25.9 Å². The second-order valence-corrected chi connectivity index (χ2v) is 8.20. The Kier molecular flexibility index (Phi) is 6.56. The molecule has 0 saturated carbocycles. The van der Waals surface area contributed by atoms with Crippen molar-refractivity contribution >= 4 is 0 Å². The molecule has 30 heavy (non-hydrogen) atoms. The van der Waals surface area contributed by atoms with Crippen molar-refractivity contribution in [1.82, 2.24) is 0 Å². The highest BCUT2D eigenvalue weighted by atomic mass is 16.5. The molecule has 2 atom stereocenters. The van der Waals surface area contributed by atoms with E-state index in [1.54, 1.807) is 11.2 Å². The van der Waals surface area contributed by atoms with Gasteiger partial charge in [0.1, 0.15) is 24.7 Å². The number of likely N-dealkylation sites (tertiary alicyclic amines) is 1. The first-order valence-electron chi connectivity index (χ1n) is 11.1. The van der Waals surface area contributed by atoms with E-state index in [1.807, 2.05) is 54.6 Å². The topological polar surface area (TPSA) is 47.0 Å². The van der Waals surface area contributed by atoms with E-state index in [-0.39, 0.29) is 5.92 Å². The van der Waals surface area contributed by atoms with Crippen LogP contribution in [0.25, 0.3) is 0 Å². The fraction of sp³-hybridized carbons (Fsp3) is 0.385. The van der Waals surface area contributed by atoms with Gasteiger partial charge in [-0.15, -0.1) is 0 Å². The van der Waals surface area contributed by atoms with E-state index in [0.717, 1.165) is 36.4 Å². The van der Waals surface area contributed by atoms with Gasteiger partial charge in [-0.1, -0.05) is 49.4 Å². The van der Waals surface area contributed by atoms with Crippen LogP contribution in [-0.4, -0.2) is 31.3 Å². The van der Waals surface area contributed by atoms with Gasteiger partial charge in [0, 0.05) is 18.8 Å². The summed E-state index contributed by atoms with van der Waals surface area (Å²) in [5.74, 6) is 1.27. The van der Waals surface area contributed by atoms with E-state index >= 15 is 0 Å². The summed E-state index contributed by atoms with van der Waals surface area (Å²) in [5, 5.41) is 12.0. The van der Waals surface area contributed by atoms with Crippen molar-refractivity contribution in [2.24, 2.45) is 0 Å². The average Bonchev–Trinajstić information content (AvgIpc) is 3.50. The zero-order chi connectivity index (χ0) is 20.8. The van der Waals surface area contributed by atoms with E-state index in [4.69, 9.17) is 9.15 Å². The molecule has 3 aromatic rings. The van der Waals surface area contributed by atoms with Gasteiger partial charge in [0.2, 0.25) is 0 Å². The fourth-order valence-corrected chi connectivity index (χ4v) is 4.71. The van der Waals surface area contributed by atoms with Gasteiger partial charge >= 0.3 is 0 Å². The number of rotatable bonds is 9. The van der Waals surface area contributed by atoms with Crippen LogP contribution in [0.2, 0.25) is 0 Å². The summed E-state index contributed by atoms with van der Waals surface area (Å²) >= 11 is 0. The third-order valence-corrected chi connectivity index (χ3v) is 6.34. The van der Waals surface area contributed by atoms with Crippen LogP contribution in [0.1, 0.15) is 49.0 Å². The van der Waals surface area contributed by atoms with Gasteiger partial charge in [-0.05, 0) is 41.8 Å². The summed E-state index contributed by atoms with van der Waals surface area (Å²) in [4.78, 5) is 1.63. The maximum Gasteiger partial charge on any atom is 0.154 e. The molecule has 1 aliphatic heterocycles. The van der Waals surface area contributed by atoms with Crippen LogP contribution in [0.4, 0.5) is 0 Å². The summed E-state index contributed by atoms with van der Waals surface area (Å²) < 4.78 is 11.7. The van der Waals surface area contributed by atoms with Crippen molar-refractivity contribution in [3.63, 3.8) is 0 Å². The first kappa shape index (κ1) is 20.7. The van der Waals surface area contributed by atoms with Crippen LogP contribution in [0.5, 0.6) is 5.75 Å². The van der Waals surface area contributed by atoms with Crippen molar-refractivity contribution in [3.8, 4) is 5.75 Å². The van der Waals surface area contributed by atoms with E-state index in [9.17, 15) is 5.11 Å². The smallest absolute Gasteiger partial charge is 0.154 e. The Bertz CT molecular complexity index is 886. The largest absolute Gasteiger partial charge is 0.488 e. The average molecular weight is 407 g/mol. The van der Waals surface area contributed by atoms with Crippen LogP contribution < -0.4 is 9.64 Å². The Morgan fingerprint density at radius 3 is 2.37 bits per heavy atom. The van der Waals surface area contributed by atoms with Gasteiger partial charge in [-0.25, -0.2) is 0 Å². The van der Waals surface area contributed by atoms with Gasteiger partial charge in [0.15, 0.2) is 5.60 Å². The van der Waals surface area contributed by atoms with Crippen LogP contribution in [0.15, 0.2) is 77.4 Å². The van der Waals surface area contributed by atoms with Crippen molar-refractivity contribution in [2.75, 3.05) is 26.2 Å². The molecule has 0 amide bonds. The number of quaternary nitrogens is 1. The van der Waals surface area contributed by atoms with Gasteiger partial charge in [-0.3, -0.25) is 0 Å². The highest BCUT2D eigenvalue weighted by Crippen LogP contribution is 2.44. The SMILES string of the molecule is CC[C@H](c1ccccc1)[C@](O)(c1ccc(OCC[NH+]2CCCC2)cc1)c1ccco1. The zero-order valence-corrected chi connectivity index (χ0v) is 17.7. The molecule has 1 aliphatic rings. The number of nitrogens with one attached hydrogen (secondary N) is 1. The second-order valence-electron chi connectivity index (χ2n) is 8.20. The van der Waals surface area contributed by atoms with Crippen LogP contribution >= 0.6 is 0 Å². The fourth-order valence-electron chi connectivity index (χ4n) is 4.71. The minimum atomic E-state index is -1.25. The molecule has 0 bridgehead atoms. The Balaban J connectivity index is 1.56. The minimum absolute atomic E-state index is 0.129. The highest BCUT2D eigenvalue weighted by molar-refractivity contribution is 5.40. The quantitative estimate of drug-likeness (QED) is 0.569. The third-order valence-electron chi connectivity index (χ3n) is 6.34. The lowest BCUT2D eigenvalue weighted by atomic mass is 9.74. The Morgan fingerprint density at radius 2 is 1.73 bits per heavy atom. The molecule has 158 valence electrons. The lowest BCUT2D eigenvalue weighted by Crippen LogP contribution is -3.10. The molecular weight excluding hydrogens is 374 g/mol. The minimum Gasteiger partial charge on any atom is -0.488 e. The molecule has 2 aromatic carbocycles. The van der Waals surface area contributed by atoms with Crippen molar-refractivity contribution in [1.29, 1.82) is 0 Å². The molecule has 4 rings (SSSR count). The summed E-state index contributed by atoms with van der Waals surface area (Å²) in [6.07, 6.45) is 5.05. The molecule has 1 fully saturated rings. The maximum atomic E-state index is 12.0. The second kappa shape index (κ2) is 9.50. The number of ether oxygens (including phenoxy) is 1. The first-order chi connectivity index (χ1) is 14.7. The monoisotopic (exact) mass is 406 g/mol. The summed E-state index contributed by atoms with van der Waals surface area (Å²) in [6, 6.07) is 21.7. The number of aliphatic hydroxyl groups is 1. The normalized spacial score (nSPS) is 17.5. The first-order valence-corrected chi connectivity index (χ1v) is 11.1. The predicted octanol–water partition coefficient (Wildman–Crippen LogP) is 3.77. The van der Waals surface area contributed by atoms with Crippen LogP contribution in [0.3, 0.4) is 0 Å². The van der Waals surface area contributed by atoms with Crippen LogP contribution in [-0.2, 0) is 5.60 Å². The molecule has 0 aliphatic carbocycles.